The highest BCUT2D eigenvalue weighted by Gasteiger charge is 2.24. The standard InChI is InChI=1S/CF4.CH2F2/c2-1(3,4)5;2-1-3/h;1H2. The predicted octanol–water partition coefficient (Wildman–Crippen LogP) is 2.36. The molecule has 0 heterocycles. The first-order valence-electron chi connectivity index (χ1n) is 1.29. The maximum absolute atomic E-state index is 9.69. The zero-order chi connectivity index (χ0) is 7.21. The lowest BCUT2D eigenvalue weighted by Crippen LogP contribution is -1.92. The van der Waals surface area contributed by atoms with Crippen molar-refractivity contribution >= 4 is 0 Å². The Morgan fingerprint density at radius 1 is 0.875 bits per heavy atom. The van der Waals surface area contributed by atoms with E-state index in [-0.39, 0.29) is 0 Å². The zero-order valence-electron chi connectivity index (χ0n) is 3.47. The van der Waals surface area contributed by atoms with Crippen LogP contribution < -0.4 is 0 Å². The predicted molar refractivity (Wildman–Crippen MR) is 14.2 cm³/mol. The molecule has 0 atom stereocenters. The van der Waals surface area contributed by atoms with E-state index < -0.39 is 13.4 Å². The molecule has 0 fully saturated rings. The highest BCUT2D eigenvalue weighted by Crippen LogP contribution is 2.13. The van der Waals surface area contributed by atoms with E-state index >= 15 is 0 Å². The van der Waals surface area contributed by atoms with E-state index in [2.05, 4.69) is 0 Å². The lowest BCUT2D eigenvalue weighted by molar-refractivity contribution is -0.237. The van der Waals surface area contributed by atoms with E-state index in [1.165, 1.54) is 0 Å². The van der Waals surface area contributed by atoms with E-state index in [1.807, 2.05) is 0 Å². The second-order valence-electron chi connectivity index (χ2n) is 0.530. The van der Waals surface area contributed by atoms with Gasteiger partial charge in [-0.3, -0.25) is 0 Å². The van der Waals surface area contributed by atoms with Crippen LogP contribution in [-0.4, -0.2) is 13.4 Å². The Morgan fingerprint density at radius 2 is 0.875 bits per heavy atom. The van der Waals surface area contributed by atoms with Crippen molar-refractivity contribution in [3.05, 3.63) is 0 Å². The molecule has 0 spiro atoms. The van der Waals surface area contributed by atoms with Gasteiger partial charge in [0.15, 0.2) is 0 Å². The zero-order valence-corrected chi connectivity index (χ0v) is 3.47. The Hall–Kier alpha value is -0.420. The average molecular weight is 140 g/mol. The van der Waals surface area contributed by atoms with E-state index in [0.717, 1.165) is 0 Å². The Bertz CT molecular complexity index is 30.3. The largest absolute Gasteiger partial charge is 0.559 e. The van der Waals surface area contributed by atoms with Crippen molar-refractivity contribution in [2.24, 2.45) is 0 Å². The SMILES string of the molecule is FC(F)(F)F.FCF. The minimum absolute atomic E-state index is 1.75. The van der Waals surface area contributed by atoms with Crippen LogP contribution in [0.5, 0.6) is 0 Å². The number of rotatable bonds is 0. The molecular formula is C2H2F6. The van der Waals surface area contributed by atoms with Gasteiger partial charge in [-0.05, 0) is 0 Å². The maximum atomic E-state index is 9.69. The molecule has 0 aromatic carbocycles. The van der Waals surface area contributed by atoms with Crippen LogP contribution in [0.1, 0.15) is 0 Å². The van der Waals surface area contributed by atoms with Crippen LogP contribution in [0.2, 0.25) is 0 Å². The molecule has 8 heavy (non-hydrogen) atoms. The summed E-state index contributed by atoms with van der Waals surface area (Å²) >= 11 is 0. The summed E-state index contributed by atoms with van der Waals surface area (Å²) in [7, 11) is 0. The Morgan fingerprint density at radius 3 is 0.875 bits per heavy atom. The van der Waals surface area contributed by atoms with Gasteiger partial charge in [0.2, 0.25) is 6.93 Å². The third-order valence-corrected chi connectivity index (χ3v) is 0. The average Bonchev–Trinajstić information content (AvgIpc) is 1.27. The van der Waals surface area contributed by atoms with Crippen LogP contribution in [0.15, 0.2) is 0 Å². The summed E-state index contributed by atoms with van der Waals surface area (Å²) in [6.45, 7) is -1.75. The molecule has 0 aliphatic rings. The Kier molecular flexibility index (Phi) is 6.23. The summed E-state index contributed by atoms with van der Waals surface area (Å²) in [5, 5.41) is 0. The summed E-state index contributed by atoms with van der Waals surface area (Å²) in [6.07, 6.45) is -5.50. The van der Waals surface area contributed by atoms with Crippen molar-refractivity contribution in [2.75, 3.05) is 6.93 Å². The van der Waals surface area contributed by atoms with Crippen molar-refractivity contribution in [1.82, 2.24) is 0 Å². The fourth-order valence-corrected chi connectivity index (χ4v) is 0. The second-order valence-corrected chi connectivity index (χ2v) is 0.530. The van der Waals surface area contributed by atoms with Crippen molar-refractivity contribution in [1.29, 1.82) is 0 Å². The molecule has 0 aromatic heterocycles. The summed E-state index contributed by atoms with van der Waals surface area (Å²) < 4.78 is 58.0. The molecule has 0 saturated carbocycles. The second kappa shape index (κ2) is 4.73. The molecule has 0 aromatic rings. The summed E-state index contributed by atoms with van der Waals surface area (Å²) in [6, 6.07) is 0. The molecule has 6 heteroatoms. The van der Waals surface area contributed by atoms with Crippen LogP contribution in [0.3, 0.4) is 0 Å². The third kappa shape index (κ3) is 664. The Labute approximate surface area is 41.1 Å². The van der Waals surface area contributed by atoms with Crippen LogP contribution in [0.4, 0.5) is 26.3 Å². The van der Waals surface area contributed by atoms with Gasteiger partial charge < -0.3 is 0 Å². The third-order valence-electron chi connectivity index (χ3n) is 0. The highest BCUT2D eigenvalue weighted by atomic mass is 19.5. The molecule has 0 amide bonds. The van der Waals surface area contributed by atoms with Crippen LogP contribution in [-0.2, 0) is 0 Å². The number of hydrogen-bond acceptors (Lipinski definition) is 0. The first kappa shape index (κ1) is 10.5. The molecule has 0 bridgehead atoms. The van der Waals surface area contributed by atoms with Gasteiger partial charge in [0.05, 0.1) is 0 Å². The summed E-state index contributed by atoms with van der Waals surface area (Å²) in [4.78, 5) is 0. The van der Waals surface area contributed by atoms with Gasteiger partial charge in [-0.1, -0.05) is 0 Å². The molecule has 0 unspecified atom stereocenters. The monoisotopic (exact) mass is 140 g/mol. The van der Waals surface area contributed by atoms with Crippen molar-refractivity contribution in [3.8, 4) is 0 Å². The van der Waals surface area contributed by atoms with Gasteiger partial charge >= 0.3 is 6.43 Å². The normalized spacial score (nSPS) is 9.75. The molecule has 52 valence electrons. The van der Waals surface area contributed by atoms with E-state index in [9.17, 15) is 26.3 Å². The van der Waals surface area contributed by atoms with E-state index in [4.69, 9.17) is 0 Å². The molecule has 0 aliphatic heterocycles. The minimum Gasteiger partial charge on any atom is -0.214 e. The summed E-state index contributed by atoms with van der Waals surface area (Å²) in [5.41, 5.74) is 0. The van der Waals surface area contributed by atoms with Crippen LogP contribution >= 0.6 is 0 Å². The number of hydrogen-bond donors (Lipinski definition) is 0. The lowest BCUT2D eigenvalue weighted by atomic mass is 11.5. The van der Waals surface area contributed by atoms with Crippen molar-refractivity contribution in [2.45, 2.75) is 6.43 Å². The van der Waals surface area contributed by atoms with Gasteiger partial charge in [-0.15, -0.1) is 17.6 Å². The number of halogens is 6. The van der Waals surface area contributed by atoms with Crippen LogP contribution in [0.25, 0.3) is 0 Å². The fraction of sp³-hybridized carbons (Fsp3) is 1.00. The van der Waals surface area contributed by atoms with Crippen molar-refractivity contribution < 1.29 is 26.3 Å². The smallest absolute Gasteiger partial charge is 0.214 e. The first-order valence-corrected chi connectivity index (χ1v) is 1.29. The van der Waals surface area contributed by atoms with E-state index in [1.54, 1.807) is 0 Å². The Balaban J connectivity index is 0. The van der Waals surface area contributed by atoms with E-state index in [0.29, 0.717) is 0 Å². The molecule has 0 aliphatic carbocycles. The summed E-state index contributed by atoms with van der Waals surface area (Å²) in [5.74, 6) is 0. The molecule has 0 rings (SSSR count). The highest BCUT2D eigenvalue weighted by molar-refractivity contribution is 4.08. The van der Waals surface area contributed by atoms with Gasteiger partial charge in [0.25, 0.3) is 0 Å². The van der Waals surface area contributed by atoms with Gasteiger partial charge in [0.1, 0.15) is 0 Å². The first-order chi connectivity index (χ1) is 3.41. The number of alkyl halides is 6. The van der Waals surface area contributed by atoms with Gasteiger partial charge in [-0.25, -0.2) is 8.78 Å². The molecular weight excluding hydrogens is 138 g/mol. The topological polar surface area (TPSA) is 0 Å². The fourth-order valence-electron chi connectivity index (χ4n) is 0. The molecule has 0 saturated heterocycles. The maximum Gasteiger partial charge on any atom is 0.559 e. The lowest BCUT2D eigenvalue weighted by Gasteiger charge is -1.82. The van der Waals surface area contributed by atoms with Crippen molar-refractivity contribution in [3.63, 3.8) is 0 Å². The minimum atomic E-state index is -5.50. The molecule has 0 N–H and O–H groups in total. The molecule has 0 radical (unpaired) electrons. The quantitative estimate of drug-likeness (QED) is 0.453. The molecule has 0 nitrogen and oxygen atoms in total. The van der Waals surface area contributed by atoms with Gasteiger partial charge in [-0.2, -0.15) is 0 Å². The van der Waals surface area contributed by atoms with Crippen LogP contribution in [0, 0.1) is 0 Å². The van der Waals surface area contributed by atoms with Gasteiger partial charge in [0, 0.05) is 0 Å².